The van der Waals surface area contributed by atoms with E-state index in [0.717, 1.165) is 19.3 Å². The Labute approximate surface area is 107 Å². The van der Waals surface area contributed by atoms with Crippen molar-refractivity contribution in [1.82, 2.24) is 0 Å². The highest BCUT2D eigenvalue weighted by Crippen LogP contribution is 2.21. The Balaban J connectivity index is 4.14. The Morgan fingerprint density at radius 1 is 1.18 bits per heavy atom. The summed E-state index contributed by atoms with van der Waals surface area (Å²) in [6.45, 7) is 11.0. The molecule has 0 amide bonds. The highest BCUT2D eigenvalue weighted by molar-refractivity contribution is 5.13. The molecule has 1 N–H and O–H groups in total. The summed E-state index contributed by atoms with van der Waals surface area (Å²) in [4.78, 5) is 0. The molecule has 0 atom stereocenters. The lowest BCUT2D eigenvalue weighted by molar-refractivity contribution is 0.241. The van der Waals surface area contributed by atoms with Gasteiger partial charge in [-0.25, -0.2) is 0 Å². The Bertz CT molecular complexity index is 289. The first-order valence-corrected chi connectivity index (χ1v) is 6.46. The van der Waals surface area contributed by atoms with Gasteiger partial charge in [0, 0.05) is 6.61 Å². The fourth-order valence-electron chi connectivity index (χ4n) is 1.52. The van der Waals surface area contributed by atoms with Gasteiger partial charge in [0.25, 0.3) is 0 Å². The van der Waals surface area contributed by atoms with Crippen LogP contribution in [0.3, 0.4) is 0 Å². The minimum atomic E-state index is 0.0887. The van der Waals surface area contributed by atoms with Gasteiger partial charge in [-0.05, 0) is 45.4 Å². The fourth-order valence-corrected chi connectivity index (χ4v) is 1.52. The summed E-state index contributed by atoms with van der Waals surface area (Å²) in [5, 5.41) is 8.92. The van der Waals surface area contributed by atoms with Gasteiger partial charge in [-0.3, -0.25) is 0 Å². The van der Waals surface area contributed by atoms with Crippen LogP contribution in [0.1, 0.15) is 53.9 Å². The highest BCUT2D eigenvalue weighted by Gasteiger charge is 2.11. The highest BCUT2D eigenvalue weighted by atomic mass is 16.3. The van der Waals surface area contributed by atoms with E-state index in [1.54, 1.807) is 0 Å². The predicted octanol–water partition coefficient (Wildman–Crippen LogP) is 4.64. The average Bonchev–Trinajstić information content (AvgIpc) is 2.16. The largest absolute Gasteiger partial charge is 0.396 e. The molecular weight excluding hydrogens is 208 g/mol. The summed E-state index contributed by atoms with van der Waals surface area (Å²) in [7, 11) is 0. The summed E-state index contributed by atoms with van der Waals surface area (Å²) in [6.07, 6.45) is 11.8. The Hall–Kier alpha value is -0.820. The summed E-state index contributed by atoms with van der Waals surface area (Å²) < 4.78 is 0. The van der Waals surface area contributed by atoms with Crippen LogP contribution < -0.4 is 0 Å². The van der Waals surface area contributed by atoms with Gasteiger partial charge in [0.05, 0.1) is 0 Å². The zero-order valence-corrected chi connectivity index (χ0v) is 12.1. The normalized spacial score (nSPS) is 13.2. The van der Waals surface area contributed by atoms with E-state index < -0.39 is 0 Å². The van der Waals surface area contributed by atoms with E-state index in [0.29, 0.717) is 0 Å². The maximum atomic E-state index is 8.92. The molecule has 0 aromatic carbocycles. The number of hydrogen-bond acceptors (Lipinski definition) is 1. The molecule has 98 valence electrons. The van der Waals surface area contributed by atoms with Crippen molar-refractivity contribution in [3.63, 3.8) is 0 Å². The van der Waals surface area contributed by atoms with E-state index in [1.165, 1.54) is 11.1 Å². The summed E-state index contributed by atoms with van der Waals surface area (Å²) in [5.41, 5.74) is 2.88. The van der Waals surface area contributed by atoms with E-state index in [9.17, 15) is 0 Å². The second-order valence-corrected chi connectivity index (χ2v) is 5.65. The quantitative estimate of drug-likeness (QED) is 0.504. The van der Waals surface area contributed by atoms with Crippen molar-refractivity contribution in [2.45, 2.75) is 53.9 Å². The number of aliphatic hydroxyl groups is 1. The number of rotatable bonds is 7. The lowest BCUT2D eigenvalue weighted by atomic mass is 9.89. The number of aliphatic hydroxyl groups excluding tert-OH is 1. The fraction of sp³-hybridized carbons (Fsp3) is 0.625. The van der Waals surface area contributed by atoms with Crippen LogP contribution in [0.25, 0.3) is 0 Å². The van der Waals surface area contributed by atoms with E-state index in [4.69, 9.17) is 5.11 Å². The van der Waals surface area contributed by atoms with Gasteiger partial charge in [-0.15, -0.1) is 0 Å². The van der Waals surface area contributed by atoms with Gasteiger partial charge in [0.15, 0.2) is 0 Å². The molecule has 0 saturated heterocycles. The Morgan fingerprint density at radius 3 is 2.35 bits per heavy atom. The molecule has 0 bridgehead atoms. The van der Waals surface area contributed by atoms with Crippen molar-refractivity contribution in [3.05, 3.63) is 35.5 Å². The van der Waals surface area contributed by atoms with E-state index in [1.807, 2.05) is 0 Å². The minimum absolute atomic E-state index is 0.0887. The first-order chi connectivity index (χ1) is 7.87. The standard InChI is InChI=1S/C16H28O/c1-14(2)8-6-9-15(3)10-7-11-16(4,5)12-13-17/h7-8,10-11,17H,6,9,12-13H2,1-5H3/b11-7+,15-10+. The zero-order chi connectivity index (χ0) is 13.3. The van der Waals surface area contributed by atoms with E-state index >= 15 is 0 Å². The molecule has 0 unspecified atom stereocenters. The van der Waals surface area contributed by atoms with E-state index in [2.05, 4.69) is 58.9 Å². The maximum Gasteiger partial charge on any atom is 0.0439 e. The molecular formula is C16H28O. The van der Waals surface area contributed by atoms with Crippen LogP contribution in [0, 0.1) is 5.41 Å². The number of allylic oxidation sites excluding steroid dienone is 6. The van der Waals surface area contributed by atoms with Crippen molar-refractivity contribution in [2.24, 2.45) is 5.41 Å². The Kier molecular flexibility index (Phi) is 7.90. The number of hydrogen-bond donors (Lipinski definition) is 1. The molecule has 0 aliphatic heterocycles. The van der Waals surface area contributed by atoms with Crippen LogP contribution in [0.2, 0.25) is 0 Å². The van der Waals surface area contributed by atoms with Crippen LogP contribution >= 0.6 is 0 Å². The molecule has 0 spiro atoms. The molecule has 1 nitrogen and oxygen atoms in total. The monoisotopic (exact) mass is 236 g/mol. The van der Waals surface area contributed by atoms with Crippen molar-refractivity contribution in [1.29, 1.82) is 0 Å². The SMILES string of the molecule is CC(C)=CCC/C(C)=C/C=C/C(C)(C)CCO. The molecule has 0 aromatic rings. The van der Waals surface area contributed by atoms with Crippen LogP contribution in [0.4, 0.5) is 0 Å². The minimum Gasteiger partial charge on any atom is -0.396 e. The molecule has 1 heteroatoms. The van der Waals surface area contributed by atoms with Crippen LogP contribution in [-0.4, -0.2) is 11.7 Å². The summed E-state index contributed by atoms with van der Waals surface area (Å²) in [5.74, 6) is 0. The van der Waals surface area contributed by atoms with Crippen LogP contribution in [0.15, 0.2) is 35.5 Å². The molecule has 0 saturated carbocycles. The smallest absolute Gasteiger partial charge is 0.0439 e. The predicted molar refractivity (Wildman–Crippen MR) is 77.0 cm³/mol. The second-order valence-electron chi connectivity index (χ2n) is 5.65. The van der Waals surface area contributed by atoms with Crippen LogP contribution in [0.5, 0.6) is 0 Å². The lowest BCUT2D eigenvalue weighted by Gasteiger charge is -2.17. The molecule has 17 heavy (non-hydrogen) atoms. The molecule has 0 heterocycles. The molecule has 0 radical (unpaired) electrons. The third-order valence-corrected chi connectivity index (χ3v) is 2.78. The van der Waals surface area contributed by atoms with Crippen molar-refractivity contribution < 1.29 is 5.11 Å². The van der Waals surface area contributed by atoms with Gasteiger partial charge in [-0.2, -0.15) is 0 Å². The Morgan fingerprint density at radius 2 is 1.82 bits per heavy atom. The van der Waals surface area contributed by atoms with Crippen molar-refractivity contribution >= 4 is 0 Å². The van der Waals surface area contributed by atoms with Crippen molar-refractivity contribution in [3.8, 4) is 0 Å². The van der Waals surface area contributed by atoms with E-state index in [-0.39, 0.29) is 12.0 Å². The van der Waals surface area contributed by atoms with Gasteiger partial charge >= 0.3 is 0 Å². The maximum absolute atomic E-state index is 8.92. The lowest BCUT2D eigenvalue weighted by Crippen LogP contribution is -2.09. The molecule has 0 aromatic heterocycles. The first-order valence-electron chi connectivity index (χ1n) is 6.46. The molecule has 0 fully saturated rings. The summed E-state index contributed by atoms with van der Waals surface area (Å²) >= 11 is 0. The summed E-state index contributed by atoms with van der Waals surface area (Å²) in [6, 6.07) is 0. The molecule has 0 rings (SSSR count). The zero-order valence-electron chi connectivity index (χ0n) is 12.1. The van der Waals surface area contributed by atoms with Crippen LogP contribution in [-0.2, 0) is 0 Å². The second kappa shape index (κ2) is 8.30. The third kappa shape index (κ3) is 10.1. The van der Waals surface area contributed by atoms with Gasteiger partial charge in [0.1, 0.15) is 0 Å². The van der Waals surface area contributed by atoms with Gasteiger partial charge < -0.3 is 5.11 Å². The van der Waals surface area contributed by atoms with Gasteiger partial charge in [0.2, 0.25) is 0 Å². The first kappa shape index (κ1) is 16.2. The third-order valence-electron chi connectivity index (χ3n) is 2.78. The molecule has 0 aliphatic rings. The van der Waals surface area contributed by atoms with Crippen molar-refractivity contribution in [2.75, 3.05) is 6.61 Å². The topological polar surface area (TPSA) is 20.2 Å². The average molecular weight is 236 g/mol. The van der Waals surface area contributed by atoms with Gasteiger partial charge in [-0.1, -0.05) is 49.3 Å². The molecule has 0 aliphatic carbocycles.